The van der Waals surface area contributed by atoms with Crippen molar-refractivity contribution in [3.8, 4) is 5.75 Å². The van der Waals surface area contributed by atoms with E-state index in [4.69, 9.17) is 5.41 Å². The Hall–Kier alpha value is -3.95. The molecule has 1 fully saturated rings. The number of piperazine rings is 1. The molecule has 0 amide bonds. The fourth-order valence-corrected chi connectivity index (χ4v) is 5.89. The first-order chi connectivity index (χ1) is 18.1. The summed E-state index contributed by atoms with van der Waals surface area (Å²) in [4.78, 5) is 8.48. The number of hydrogen-bond donors (Lipinski definition) is 3. The van der Waals surface area contributed by atoms with Gasteiger partial charge < -0.3 is 10.0 Å². The van der Waals surface area contributed by atoms with E-state index in [2.05, 4.69) is 27.8 Å². The third kappa shape index (κ3) is 5.95. The van der Waals surface area contributed by atoms with Gasteiger partial charge in [0.25, 0.3) is 10.0 Å². The molecule has 1 aliphatic heterocycles. The van der Waals surface area contributed by atoms with Gasteiger partial charge in [-0.1, -0.05) is 37.4 Å². The predicted molar refractivity (Wildman–Crippen MR) is 154 cm³/mol. The van der Waals surface area contributed by atoms with Crippen LogP contribution in [0.15, 0.2) is 89.5 Å². The third-order valence-corrected chi connectivity index (χ3v) is 8.06. The molecule has 9 heteroatoms. The van der Waals surface area contributed by atoms with Gasteiger partial charge in [-0.2, -0.15) is 0 Å². The van der Waals surface area contributed by atoms with Gasteiger partial charge in [-0.25, -0.2) is 8.42 Å². The SMILES string of the molecule is C=CN=C1C(=C)C=CC=C1S(=O)(=O)Nc1ccc(C(=N)N2CCN(Cc3cc(C)c(O)c(C)c3)CC2)cc1. The van der Waals surface area contributed by atoms with Crippen molar-refractivity contribution >= 4 is 27.3 Å². The zero-order valence-electron chi connectivity index (χ0n) is 21.7. The largest absolute Gasteiger partial charge is 0.507 e. The highest BCUT2D eigenvalue weighted by atomic mass is 32.2. The van der Waals surface area contributed by atoms with E-state index in [-0.39, 0.29) is 10.6 Å². The summed E-state index contributed by atoms with van der Waals surface area (Å²) in [5, 5.41) is 18.7. The van der Waals surface area contributed by atoms with Crippen molar-refractivity contribution in [2.24, 2.45) is 4.99 Å². The molecule has 1 saturated heterocycles. The minimum atomic E-state index is -3.90. The molecule has 2 aromatic carbocycles. The Bertz CT molecular complexity index is 1440. The molecule has 0 atom stereocenters. The zero-order chi connectivity index (χ0) is 27.4. The summed E-state index contributed by atoms with van der Waals surface area (Å²) < 4.78 is 28.7. The summed E-state index contributed by atoms with van der Waals surface area (Å²) in [5.41, 5.74) is 4.79. The molecule has 0 radical (unpaired) electrons. The molecule has 4 rings (SSSR count). The number of nitrogens with zero attached hydrogens (tertiary/aromatic N) is 3. The van der Waals surface area contributed by atoms with Crippen LogP contribution in [0.4, 0.5) is 5.69 Å². The van der Waals surface area contributed by atoms with Crippen LogP contribution < -0.4 is 4.72 Å². The normalized spacial score (nSPS) is 17.4. The van der Waals surface area contributed by atoms with Crippen LogP contribution in [-0.2, 0) is 16.6 Å². The van der Waals surface area contributed by atoms with Gasteiger partial charge in [0.2, 0.25) is 0 Å². The van der Waals surface area contributed by atoms with Crippen molar-refractivity contribution in [3.05, 3.63) is 107 Å². The summed E-state index contributed by atoms with van der Waals surface area (Å²) >= 11 is 0. The molecular weight excluding hydrogens is 498 g/mol. The molecule has 0 unspecified atom stereocenters. The highest BCUT2D eigenvalue weighted by molar-refractivity contribution is 7.97. The first-order valence-corrected chi connectivity index (χ1v) is 13.8. The first kappa shape index (κ1) is 27.1. The quantitative estimate of drug-likeness (QED) is 0.360. The van der Waals surface area contributed by atoms with Crippen LogP contribution in [-0.4, -0.2) is 61.1 Å². The van der Waals surface area contributed by atoms with E-state index in [1.807, 2.05) is 30.9 Å². The maximum absolute atomic E-state index is 13.0. The summed E-state index contributed by atoms with van der Waals surface area (Å²) in [7, 11) is -3.90. The maximum Gasteiger partial charge on any atom is 0.264 e. The van der Waals surface area contributed by atoms with E-state index in [1.165, 1.54) is 17.8 Å². The van der Waals surface area contributed by atoms with Gasteiger partial charge in [0.05, 0.1) is 5.71 Å². The number of phenolic OH excluding ortho intramolecular Hbond substituents is 1. The Morgan fingerprint density at radius 2 is 1.76 bits per heavy atom. The number of aliphatic imine (C=N–C) groups is 1. The zero-order valence-corrected chi connectivity index (χ0v) is 22.6. The van der Waals surface area contributed by atoms with Crippen LogP contribution in [0.3, 0.4) is 0 Å². The monoisotopic (exact) mass is 531 g/mol. The van der Waals surface area contributed by atoms with E-state index in [0.29, 0.717) is 28.4 Å². The number of amidine groups is 1. The number of sulfonamides is 1. The molecule has 198 valence electrons. The number of benzene rings is 2. The Morgan fingerprint density at radius 3 is 2.37 bits per heavy atom. The molecule has 2 aliphatic rings. The molecule has 2 aromatic rings. The molecule has 1 aliphatic carbocycles. The average Bonchev–Trinajstić information content (AvgIpc) is 2.89. The lowest BCUT2D eigenvalue weighted by Gasteiger charge is -2.36. The van der Waals surface area contributed by atoms with Gasteiger partial charge in [-0.05, 0) is 66.5 Å². The Balaban J connectivity index is 1.36. The van der Waals surface area contributed by atoms with E-state index >= 15 is 0 Å². The van der Waals surface area contributed by atoms with Crippen LogP contribution >= 0.6 is 0 Å². The standard InChI is InChI=1S/C29H33N5O3S/c1-5-31-27-20(2)7-6-8-26(27)38(36,37)32-25-11-9-24(10-12-25)29(30)34-15-13-33(14-16-34)19-23-17-21(3)28(35)22(4)18-23/h5-12,17-18,30,32,35H,1-2,13-16,19H2,3-4H3. The second-order valence-corrected chi connectivity index (χ2v) is 11.1. The van der Waals surface area contributed by atoms with Gasteiger partial charge in [0.15, 0.2) is 0 Å². The van der Waals surface area contributed by atoms with Gasteiger partial charge in [0, 0.05) is 50.2 Å². The summed E-state index contributed by atoms with van der Waals surface area (Å²) in [6.45, 7) is 15.1. The minimum Gasteiger partial charge on any atom is -0.507 e. The Kier molecular flexibility index (Phi) is 7.99. The lowest BCUT2D eigenvalue weighted by molar-refractivity contribution is 0.175. The molecule has 0 saturated carbocycles. The second-order valence-electron chi connectivity index (χ2n) is 9.45. The molecule has 0 aromatic heterocycles. The van der Waals surface area contributed by atoms with E-state index < -0.39 is 10.0 Å². The first-order valence-electron chi connectivity index (χ1n) is 12.3. The smallest absolute Gasteiger partial charge is 0.264 e. The van der Waals surface area contributed by atoms with Crippen molar-refractivity contribution in [2.45, 2.75) is 20.4 Å². The molecule has 38 heavy (non-hydrogen) atoms. The van der Waals surface area contributed by atoms with Crippen molar-refractivity contribution in [1.29, 1.82) is 5.41 Å². The summed E-state index contributed by atoms with van der Waals surface area (Å²) in [6, 6.07) is 10.9. The second kappa shape index (κ2) is 11.2. The molecule has 0 bridgehead atoms. The van der Waals surface area contributed by atoms with E-state index in [9.17, 15) is 13.5 Å². The van der Waals surface area contributed by atoms with Crippen molar-refractivity contribution < 1.29 is 13.5 Å². The molecule has 0 spiro atoms. The number of phenols is 1. The molecule has 3 N–H and O–H groups in total. The predicted octanol–water partition coefficient (Wildman–Crippen LogP) is 4.49. The van der Waals surface area contributed by atoms with Crippen LogP contribution in [0.25, 0.3) is 0 Å². The van der Waals surface area contributed by atoms with Gasteiger partial charge in [0.1, 0.15) is 16.5 Å². The van der Waals surface area contributed by atoms with Crippen LogP contribution in [0.2, 0.25) is 0 Å². The fraction of sp³-hybridized carbons (Fsp3) is 0.241. The maximum atomic E-state index is 13.0. The minimum absolute atomic E-state index is 0.0252. The third-order valence-electron chi connectivity index (χ3n) is 6.65. The van der Waals surface area contributed by atoms with Crippen molar-refractivity contribution in [3.63, 3.8) is 0 Å². The number of nitrogens with one attached hydrogen (secondary N) is 2. The average molecular weight is 532 g/mol. The fourth-order valence-electron chi connectivity index (χ4n) is 4.64. The van der Waals surface area contributed by atoms with Crippen LogP contribution in [0.1, 0.15) is 22.3 Å². The van der Waals surface area contributed by atoms with Gasteiger partial charge in [-0.15, -0.1) is 0 Å². The molecular formula is C29H33N5O3S. The van der Waals surface area contributed by atoms with E-state index in [1.54, 1.807) is 36.4 Å². The van der Waals surface area contributed by atoms with E-state index in [0.717, 1.165) is 43.9 Å². The number of hydrogen-bond acceptors (Lipinski definition) is 6. The lowest BCUT2D eigenvalue weighted by Crippen LogP contribution is -2.48. The van der Waals surface area contributed by atoms with Crippen molar-refractivity contribution in [2.75, 3.05) is 30.9 Å². The summed E-state index contributed by atoms with van der Waals surface area (Å²) in [5.74, 6) is 0.762. The van der Waals surface area contributed by atoms with Gasteiger partial charge in [-0.3, -0.25) is 20.0 Å². The molecule has 8 nitrogen and oxygen atoms in total. The van der Waals surface area contributed by atoms with Crippen LogP contribution in [0, 0.1) is 19.3 Å². The Morgan fingerprint density at radius 1 is 1.13 bits per heavy atom. The Labute approximate surface area is 224 Å². The number of aryl methyl sites for hydroxylation is 2. The topological polar surface area (TPSA) is 109 Å². The number of anilines is 1. The summed E-state index contributed by atoms with van der Waals surface area (Å²) in [6.07, 6.45) is 6.08. The van der Waals surface area contributed by atoms with Crippen LogP contribution in [0.5, 0.6) is 5.75 Å². The lowest BCUT2D eigenvalue weighted by atomic mass is 10.0. The molecule has 1 heterocycles. The van der Waals surface area contributed by atoms with Crippen molar-refractivity contribution in [1.82, 2.24) is 9.80 Å². The number of allylic oxidation sites excluding steroid dienone is 5. The highest BCUT2D eigenvalue weighted by Gasteiger charge is 2.26. The number of aromatic hydroxyl groups is 1. The van der Waals surface area contributed by atoms with Gasteiger partial charge >= 0.3 is 0 Å². The highest BCUT2D eigenvalue weighted by Crippen LogP contribution is 2.25. The number of rotatable bonds is 7.